The molecule has 0 aliphatic carbocycles. The number of halogens is 2. The predicted octanol–water partition coefficient (Wildman–Crippen LogP) is 2.92. The molecule has 3 heterocycles. The van der Waals surface area contributed by atoms with Crippen LogP contribution in [-0.4, -0.2) is 37.1 Å². The van der Waals surface area contributed by atoms with Crippen LogP contribution >= 0.6 is 24.8 Å². The molecule has 2 aliphatic rings. The number of nitrogens with one attached hydrogen (secondary N) is 2. The van der Waals surface area contributed by atoms with E-state index in [4.69, 9.17) is 0 Å². The Balaban J connectivity index is 0.00000156. The first-order chi connectivity index (χ1) is 11.3. The van der Waals surface area contributed by atoms with Gasteiger partial charge < -0.3 is 15.5 Å². The molecule has 7 heteroatoms. The first kappa shape index (κ1) is 22.0. The molecule has 2 aliphatic heterocycles. The van der Waals surface area contributed by atoms with E-state index in [1.165, 1.54) is 25.7 Å². The molecule has 2 N–H and O–H groups in total. The number of nitrogens with zero attached hydrogens (tertiary/aromatic N) is 2. The summed E-state index contributed by atoms with van der Waals surface area (Å²) in [5, 5.41) is 6.33. The quantitative estimate of drug-likeness (QED) is 0.832. The molecule has 3 rings (SSSR count). The molecular formula is C18H30Cl2N4O. The van der Waals surface area contributed by atoms with E-state index < -0.39 is 0 Å². The highest BCUT2D eigenvalue weighted by Crippen LogP contribution is 2.17. The summed E-state index contributed by atoms with van der Waals surface area (Å²) in [6.45, 7) is 4.63. The maximum atomic E-state index is 12.1. The summed E-state index contributed by atoms with van der Waals surface area (Å²) in [6, 6.07) is 4.18. The monoisotopic (exact) mass is 388 g/mol. The lowest BCUT2D eigenvalue weighted by atomic mass is 9.99. The van der Waals surface area contributed by atoms with Crippen molar-refractivity contribution in [3.05, 3.63) is 23.9 Å². The van der Waals surface area contributed by atoms with Crippen molar-refractivity contribution in [1.29, 1.82) is 0 Å². The van der Waals surface area contributed by atoms with Crippen molar-refractivity contribution in [3.8, 4) is 0 Å². The first-order valence-corrected chi connectivity index (χ1v) is 9.01. The number of piperidine rings is 1. The lowest BCUT2D eigenvalue weighted by molar-refractivity contribution is -0.125. The Morgan fingerprint density at radius 2 is 1.92 bits per heavy atom. The minimum atomic E-state index is 0. The topological polar surface area (TPSA) is 57.3 Å². The van der Waals surface area contributed by atoms with Crippen LogP contribution in [0.3, 0.4) is 0 Å². The molecule has 0 spiro atoms. The fourth-order valence-corrected chi connectivity index (χ4v) is 3.42. The molecule has 0 aromatic carbocycles. The van der Waals surface area contributed by atoms with Crippen LogP contribution in [0.2, 0.25) is 0 Å². The number of carbonyl (C=O) groups is 1. The number of anilines is 1. The standard InChI is InChI=1S/C18H28N4O.2ClH/c23-18(16-6-5-9-19-14-16)21-13-15-7-8-17(20-12-15)22-10-3-1-2-4-11-22;;/h7-8,12,16,19H,1-6,9-11,13-14H2,(H,21,23);2*1H. The van der Waals surface area contributed by atoms with E-state index in [1.54, 1.807) is 0 Å². The Kier molecular flexibility index (Phi) is 10.2. The largest absolute Gasteiger partial charge is 0.357 e. The third kappa shape index (κ3) is 6.65. The molecule has 1 aromatic rings. The number of hydrogen-bond donors (Lipinski definition) is 2. The molecule has 25 heavy (non-hydrogen) atoms. The summed E-state index contributed by atoms with van der Waals surface area (Å²) in [7, 11) is 0. The molecule has 0 bridgehead atoms. The predicted molar refractivity (Wildman–Crippen MR) is 107 cm³/mol. The summed E-state index contributed by atoms with van der Waals surface area (Å²) in [4.78, 5) is 19.1. The zero-order valence-corrected chi connectivity index (χ0v) is 16.3. The van der Waals surface area contributed by atoms with Crippen LogP contribution in [0.4, 0.5) is 5.82 Å². The van der Waals surface area contributed by atoms with E-state index in [9.17, 15) is 4.79 Å². The van der Waals surface area contributed by atoms with Gasteiger partial charge in [-0.2, -0.15) is 0 Å². The number of hydrogen-bond acceptors (Lipinski definition) is 4. The van der Waals surface area contributed by atoms with Gasteiger partial charge in [0, 0.05) is 32.4 Å². The number of pyridine rings is 1. The van der Waals surface area contributed by atoms with E-state index in [-0.39, 0.29) is 36.6 Å². The van der Waals surface area contributed by atoms with E-state index in [2.05, 4.69) is 32.7 Å². The number of carbonyl (C=O) groups excluding carboxylic acids is 1. The highest BCUT2D eigenvalue weighted by molar-refractivity contribution is 5.85. The Labute approximate surface area is 163 Å². The maximum absolute atomic E-state index is 12.1. The maximum Gasteiger partial charge on any atom is 0.224 e. The van der Waals surface area contributed by atoms with Crippen molar-refractivity contribution in [2.45, 2.75) is 45.1 Å². The summed E-state index contributed by atoms with van der Waals surface area (Å²) < 4.78 is 0. The minimum Gasteiger partial charge on any atom is -0.357 e. The fraction of sp³-hybridized carbons (Fsp3) is 0.667. The molecule has 142 valence electrons. The van der Waals surface area contributed by atoms with Crippen molar-refractivity contribution >= 4 is 36.5 Å². The molecule has 1 atom stereocenters. The lowest BCUT2D eigenvalue weighted by Gasteiger charge is -2.22. The second kappa shape index (κ2) is 11.6. The lowest BCUT2D eigenvalue weighted by Crippen LogP contribution is -2.40. The van der Waals surface area contributed by atoms with Crippen LogP contribution < -0.4 is 15.5 Å². The molecule has 0 saturated carbocycles. The van der Waals surface area contributed by atoms with Crippen LogP contribution in [0.25, 0.3) is 0 Å². The normalized spacial score (nSPS) is 20.6. The van der Waals surface area contributed by atoms with Crippen molar-refractivity contribution in [1.82, 2.24) is 15.6 Å². The summed E-state index contributed by atoms with van der Waals surface area (Å²) >= 11 is 0. The smallest absolute Gasteiger partial charge is 0.224 e. The third-order valence-electron chi connectivity index (χ3n) is 4.87. The van der Waals surface area contributed by atoms with Crippen LogP contribution in [0.5, 0.6) is 0 Å². The van der Waals surface area contributed by atoms with Gasteiger partial charge in [-0.05, 0) is 43.9 Å². The molecule has 1 unspecified atom stereocenters. The van der Waals surface area contributed by atoms with Crippen molar-refractivity contribution in [3.63, 3.8) is 0 Å². The highest BCUT2D eigenvalue weighted by Gasteiger charge is 2.20. The minimum absolute atomic E-state index is 0. The second-order valence-corrected chi connectivity index (χ2v) is 6.69. The number of aromatic nitrogens is 1. The SMILES string of the molecule is Cl.Cl.O=C(NCc1ccc(N2CCCCCC2)nc1)C1CCCNC1. The van der Waals surface area contributed by atoms with E-state index in [0.717, 1.165) is 50.4 Å². The average Bonchev–Trinajstić information content (AvgIpc) is 2.90. The van der Waals surface area contributed by atoms with Gasteiger partial charge in [0.1, 0.15) is 5.82 Å². The third-order valence-corrected chi connectivity index (χ3v) is 4.87. The van der Waals surface area contributed by atoms with E-state index in [0.29, 0.717) is 6.54 Å². The molecule has 2 fully saturated rings. The van der Waals surface area contributed by atoms with Crippen LogP contribution in [0.1, 0.15) is 44.1 Å². The first-order valence-electron chi connectivity index (χ1n) is 9.01. The Hall–Kier alpha value is -1.04. The molecule has 0 radical (unpaired) electrons. The second-order valence-electron chi connectivity index (χ2n) is 6.69. The zero-order valence-electron chi connectivity index (χ0n) is 14.7. The molecule has 2 saturated heterocycles. The van der Waals surface area contributed by atoms with E-state index in [1.807, 2.05) is 6.20 Å². The van der Waals surface area contributed by atoms with Gasteiger partial charge in [-0.1, -0.05) is 18.9 Å². The van der Waals surface area contributed by atoms with Crippen LogP contribution in [0, 0.1) is 5.92 Å². The zero-order chi connectivity index (χ0) is 15.9. The highest BCUT2D eigenvalue weighted by atomic mass is 35.5. The van der Waals surface area contributed by atoms with Gasteiger partial charge in [0.25, 0.3) is 0 Å². The Bertz CT molecular complexity index is 498. The van der Waals surface area contributed by atoms with Crippen LogP contribution in [-0.2, 0) is 11.3 Å². The molecule has 1 amide bonds. The summed E-state index contributed by atoms with van der Waals surface area (Å²) in [6.07, 6.45) is 9.16. The Morgan fingerprint density at radius 3 is 2.52 bits per heavy atom. The molecular weight excluding hydrogens is 359 g/mol. The summed E-state index contributed by atoms with van der Waals surface area (Å²) in [5.41, 5.74) is 1.07. The van der Waals surface area contributed by atoms with Crippen molar-refractivity contribution < 1.29 is 4.79 Å². The van der Waals surface area contributed by atoms with Gasteiger partial charge in [-0.3, -0.25) is 4.79 Å². The van der Waals surface area contributed by atoms with Gasteiger partial charge in [0.15, 0.2) is 0 Å². The fourth-order valence-electron chi connectivity index (χ4n) is 3.42. The van der Waals surface area contributed by atoms with Gasteiger partial charge in [-0.15, -0.1) is 24.8 Å². The van der Waals surface area contributed by atoms with Crippen LogP contribution in [0.15, 0.2) is 18.3 Å². The van der Waals surface area contributed by atoms with Gasteiger partial charge in [0.2, 0.25) is 5.91 Å². The average molecular weight is 389 g/mol. The summed E-state index contributed by atoms with van der Waals surface area (Å²) in [5.74, 6) is 1.35. The van der Waals surface area contributed by atoms with Gasteiger partial charge in [0.05, 0.1) is 5.92 Å². The number of rotatable bonds is 4. The van der Waals surface area contributed by atoms with Crippen molar-refractivity contribution in [2.75, 3.05) is 31.1 Å². The Morgan fingerprint density at radius 1 is 1.16 bits per heavy atom. The molecule has 5 nitrogen and oxygen atoms in total. The van der Waals surface area contributed by atoms with Gasteiger partial charge >= 0.3 is 0 Å². The van der Waals surface area contributed by atoms with E-state index >= 15 is 0 Å². The molecule has 1 aromatic heterocycles. The number of amides is 1. The van der Waals surface area contributed by atoms with Crippen molar-refractivity contribution in [2.24, 2.45) is 5.92 Å². The van der Waals surface area contributed by atoms with Gasteiger partial charge in [-0.25, -0.2) is 4.98 Å².